The zero-order chi connectivity index (χ0) is 10.8. The van der Waals surface area contributed by atoms with Gasteiger partial charge in [0.2, 0.25) is 0 Å². The molecule has 0 saturated heterocycles. The molecule has 0 radical (unpaired) electrons. The summed E-state index contributed by atoms with van der Waals surface area (Å²) < 4.78 is 0. The minimum Gasteiger partial charge on any atom is -0.478 e. The highest BCUT2D eigenvalue weighted by atomic mass is 16.4. The summed E-state index contributed by atoms with van der Waals surface area (Å²) in [6, 6.07) is 0. The van der Waals surface area contributed by atoms with E-state index in [-0.39, 0.29) is 0 Å². The smallest absolute Gasteiger partial charge is 0.329 e. The van der Waals surface area contributed by atoms with E-state index >= 15 is 0 Å². The molecule has 0 aliphatic carbocycles. The summed E-state index contributed by atoms with van der Waals surface area (Å²) in [5.41, 5.74) is 0. The molecule has 0 aromatic rings. The van der Waals surface area contributed by atoms with Gasteiger partial charge in [0.25, 0.3) is 0 Å². The first-order valence-corrected chi connectivity index (χ1v) is 5.05. The lowest BCUT2D eigenvalue weighted by molar-refractivity contribution is -0.131. The number of carboxylic acid groups (broad SMARTS) is 1. The molecule has 2 N–H and O–H groups in total. The number of hydrogen-bond donors (Lipinski definition) is 2. The molecule has 0 bridgehead atoms. The van der Waals surface area contributed by atoms with Crippen LogP contribution in [0, 0.1) is 0 Å². The van der Waals surface area contributed by atoms with Gasteiger partial charge in [-0.05, 0) is 19.5 Å². The third kappa shape index (κ3) is 7.61. The van der Waals surface area contributed by atoms with E-state index < -0.39 is 5.97 Å². The van der Waals surface area contributed by atoms with E-state index in [4.69, 9.17) is 5.11 Å². The number of hydrogen-bond acceptors (Lipinski definition) is 3. The van der Waals surface area contributed by atoms with Gasteiger partial charge in [-0.3, -0.25) is 0 Å². The first-order valence-electron chi connectivity index (χ1n) is 5.05. The van der Waals surface area contributed by atoms with E-state index in [1.165, 1.54) is 6.20 Å². The predicted octanol–water partition coefficient (Wildman–Crippen LogP) is 0.906. The molecule has 0 spiro atoms. The molecule has 0 aliphatic heterocycles. The highest BCUT2D eigenvalue weighted by molar-refractivity contribution is 5.79. The van der Waals surface area contributed by atoms with Gasteiger partial charge >= 0.3 is 5.97 Å². The van der Waals surface area contributed by atoms with Crippen LogP contribution in [0.3, 0.4) is 0 Å². The minimum absolute atomic E-state index is 0.789. The fraction of sp³-hybridized carbons (Fsp3) is 0.700. The van der Waals surface area contributed by atoms with Crippen LogP contribution in [0.2, 0.25) is 0 Å². The van der Waals surface area contributed by atoms with E-state index in [0.717, 1.165) is 38.7 Å². The monoisotopic (exact) mass is 200 g/mol. The number of carboxylic acids is 1. The summed E-state index contributed by atoms with van der Waals surface area (Å²) in [6.45, 7) is 8.16. The van der Waals surface area contributed by atoms with Crippen molar-refractivity contribution in [2.24, 2.45) is 0 Å². The predicted molar refractivity (Wildman–Crippen MR) is 57.2 cm³/mol. The molecule has 0 atom stereocenters. The van der Waals surface area contributed by atoms with Gasteiger partial charge in [0, 0.05) is 25.4 Å². The van der Waals surface area contributed by atoms with E-state index in [1.807, 2.05) is 0 Å². The molecule has 0 aliphatic rings. The molecular formula is C10H20N2O2. The Morgan fingerprint density at radius 3 is 2.64 bits per heavy atom. The molecule has 0 heterocycles. The van der Waals surface area contributed by atoms with Crippen LogP contribution in [-0.4, -0.2) is 42.2 Å². The number of aliphatic carboxylic acids is 1. The second-order valence-corrected chi connectivity index (χ2v) is 3.06. The molecule has 0 aromatic heterocycles. The molecule has 0 saturated carbocycles. The van der Waals surface area contributed by atoms with E-state index in [9.17, 15) is 4.79 Å². The van der Waals surface area contributed by atoms with Crippen molar-refractivity contribution in [1.29, 1.82) is 0 Å². The third-order valence-electron chi connectivity index (χ3n) is 1.90. The van der Waals surface area contributed by atoms with Crippen molar-refractivity contribution in [2.75, 3.05) is 26.2 Å². The van der Waals surface area contributed by atoms with Crippen LogP contribution < -0.4 is 5.32 Å². The lowest BCUT2D eigenvalue weighted by Crippen LogP contribution is -2.31. The summed E-state index contributed by atoms with van der Waals surface area (Å²) in [7, 11) is 0. The van der Waals surface area contributed by atoms with Crippen molar-refractivity contribution in [1.82, 2.24) is 10.2 Å². The van der Waals surface area contributed by atoms with Crippen LogP contribution in [0.5, 0.6) is 0 Å². The minimum atomic E-state index is -0.918. The van der Waals surface area contributed by atoms with Crippen molar-refractivity contribution in [3.63, 3.8) is 0 Å². The molecule has 82 valence electrons. The van der Waals surface area contributed by atoms with Crippen LogP contribution >= 0.6 is 0 Å². The van der Waals surface area contributed by atoms with Gasteiger partial charge in [0.05, 0.1) is 0 Å². The second-order valence-electron chi connectivity index (χ2n) is 3.06. The number of rotatable bonds is 8. The maximum atomic E-state index is 10.1. The SMILES string of the molecule is CCCN(CC)CCN/C=C/C(=O)O. The lowest BCUT2D eigenvalue weighted by atomic mass is 10.4. The van der Waals surface area contributed by atoms with Gasteiger partial charge in [0.1, 0.15) is 0 Å². The van der Waals surface area contributed by atoms with Gasteiger partial charge in [-0.2, -0.15) is 0 Å². The molecule has 0 rings (SSSR count). The Morgan fingerprint density at radius 2 is 2.14 bits per heavy atom. The van der Waals surface area contributed by atoms with Crippen LogP contribution in [0.4, 0.5) is 0 Å². The Hall–Kier alpha value is -1.03. The first-order chi connectivity index (χ1) is 6.70. The Labute approximate surface area is 85.6 Å². The second kappa shape index (κ2) is 8.56. The topological polar surface area (TPSA) is 52.6 Å². The highest BCUT2D eigenvalue weighted by Gasteiger charge is 1.97. The van der Waals surface area contributed by atoms with Gasteiger partial charge in [-0.15, -0.1) is 0 Å². The first kappa shape index (κ1) is 13.0. The van der Waals surface area contributed by atoms with Crippen LogP contribution in [-0.2, 0) is 4.79 Å². The van der Waals surface area contributed by atoms with Crippen molar-refractivity contribution in [2.45, 2.75) is 20.3 Å². The normalized spacial score (nSPS) is 11.1. The Kier molecular flexibility index (Phi) is 7.93. The third-order valence-corrected chi connectivity index (χ3v) is 1.90. The number of nitrogens with one attached hydrogen (secondary N) is 1. The average Bonchev–Trinajstić information content (AvgIpc) is 2.15. The maximum Gasteiger partial charge on any atom is 0.329 e. The lowest BCUT2D eigenvalue weighted by Gasteiger charge is -2.18. The van der Waals surface area contributed by atoms with E-state index in [0.29, 0.717) is 0 Å². The standard InChI is InChI=1S/C10H20N2O2/c1-3-8-12(4-2)9-7-11-6-5-10(13)14/h5-6,11H,3-4,7-9H2,1-2H3,(H,13,14)/b6-5+. The van der Waals surface area contributed by atoms with E-state index in [1.54, 1.807) is 0 Å². The summed E-state index contributed by atoms with van der Waals surface area (Å²) >= 11 is 0. The quantitative estimate of drug-likeness (QED) is 0.451. The number of carbonyl (C=O) groups is 1. The van der Waals surface area contributed by atoms with E-state index in [2.05, 4.69) is 24.1 Å². The summed E-state index contributed by atoms with van der Waals surface area (Å²) in [4.78, 5) is 12.4. The average molecular weight is 200 g/mol. The largest absolute Gasteiger partial charge is 0.478 e. The maximum absolute atomic E-state index is 10.1. The molecule has 4 heteroatoms. The molecule has 14 heavy (non-hydrogen) atoms. The molecular weight excluding hydrogens is 180 g/mol. The zero-order valence-corrected chi connectivity index (χ0v) is 8.99. The van der Waals surface area contributed by atoms with Gasteiger partial charge in [0.15, 0.2) is 0 Å². The fourth-order valence-corrected chi connectivity index (χ4v) is 1.18. The van der Waals surface area contributed by atoms with Crippen LogP contribution in [0.25, 0.3) is 0 Å². The zero-order valence-electron chi connectivity index (χ0n) is 8.99. The molecule has 0 fully saturated rings. The summed E-state index contributed by atoms with van der Waals surface area (Å²) in [6.07, 6.45) is 3.73. The summed E-state index contributed by atoms with van der Waals surface area (Å²) in [5, 5.41) is 11.3. The van der Waals surface area contributed by atoms with Gasteiger partial charge in [-0.1, -0.05) is 13.8 Å². The van der Waals surface area contributed by atoms with Crippen molar-refractivity contribution in [3.05, 3.63) is 12.3 Å². The number of nitrogens with zero attached hydrogens (tertiary/aromatic N) is 1. The Morgan fingerprint density at radius 1 is 1.43 bits per heavy atom. The van der Waals surface area contributed by atoms with Crippen LogP contribution in [0.15, 0.2) is 12.3 Å². The van der Waals surface area contributed by atoms with Gasteiger partial charge in [-0.25, -0.2) is 4.79 Å². The molecule has 0 amide bonds. The van der Waals surface area contributed by atoms with Gasteiger partial charge < -0.3 is 15.3 Å². The Balaban J connectivity index is 3.46. The highest BCUT2D eigenvalue weighted by Crippen LogP contribution is 1.88. The van der Waals surface area contributed by atoms with Crippen molar-refractivity contribution < 1.29 is 9.90 Å². The molecule has 4 nitrogen and oxygen atoms in total. The van der Waals surface area contributed by atoms with Crippen LogP contribution in [0.1, 0.15) is 20.3 Å². The Bertz CT molecular complexity index is 181. The fourth-order valence-electron chi connectivity index (χ4n) is 1.18. The molecule has 0 unspecified atom stereocenters. The van der Waals surface area contributed by atoms with Crippen molar-refractivity contribution in [3.8, 4) is 0 Å². The van der Waals surface area contributed by atoms with Crippen molar-refractivity contribution >= 4 is 5.97 Å². The molecule has 0 aromatic carbocycles. The number of likely N-dealkylation sites (N-methyl/N-ethyl adjacent to an activating group) is 1. The summed E-state index contributed by atoms with van der Waals surface area (Å²) in [5.74, 6) is -0.918.